The van der Waals surface area contributed by atoms with Gasteiger partial charge in [0.25, 0.3) is 11.5 Å². The number of nitrogens with zero attached hydrogens (tertiary/aromatic N) is 1. The Labute approximate surface area is 154 Å². The lowest BCUT2D eigenvalue weighted by Crippen LogP contribution is -2.26. The summed E-state index contributed by atoms with van der Waals surface area (Å²) in [6.07, 6.45) is 2.72. The Balaban J connectivity index is 2.14. The van der Waals surface area contributed by atoms with Crippen LogP contribution in [0.5, 0.6) is 5.75 Å². The van der Waals surface area contributed by atoms with Crippen molar-refractivity contribution >= 4 is 29.1 Å². The Morgan fingerprint density at radius 1 is 1.38 bits per heavy atom. The van der Waals surface area contributed by atoms with Crippen LogP contribution in [0.4, 0.5) is 0 Å². The standard InChI is InChI=1S/C18H20N2O5S/c1-11-10-14(22)16(18(24)20(11)2)13(21)6-4-12-5-7-15(26-12)17(23)19-8-9-25-3/h4-7,10,22H,8-9H2,1-3H3,(H,19,23)/b6-4+. The highest BCUT2D eigenvalue weighted by molar-refractivity contribution is 7.14. The number of hydrogen-bond acceptors (Lipinski definition) is 6. The minimum absolute atomic E-state index is 0.219. The highest BCUT2D eigenvalue weighted by atomic mass is 32.1. The summed E-state index contributed by atoms with van der Waals surface area (Å²) in [5.74, 6) is -1.16. The molecule has 0 aromatic carbocycles. The van der Waals surface area contributed by atoms with Crippen LogP contribution < -0.4 is 10.9 Å². The van der Waals surface area contributed by atoms with Gasteiger partial charge in [-0.15, -0.1) is 11.3 Å². The van der Waals surface area contributed by atoms with Gasteiger partial charge in [-0.3, -0.25) is 14.4 Å². The van der Waals surface area contributed by atoms with Gasteiger partial charge in [0.1, 0.15) is 11.3 Å². The van der Waals surface area contributed by atoms with Gasteiger partial charge in [0, 0.05) is 37.3 Å². The van der Waals surface area contributed by atoms with E-state index in [9.17, 15) is 19.5 Å². The van der Waals surface area contributed by atoms with Gasteiger partial charge in [-0.05, 0) is 31.2 Å². The molecule has 0 aliphatic carbocycles. The molecule has 2 N–H and O–H groups in total. The van der Waals surface area contributed by atoms with E-state index in [2.05, 4.69) is 5.32 Å². The molecule has 0 bridgehead atoms. The number of hydrogen-bond donors (Lipinski definition) is 2. The van der Waals surface area contributed by atoms with Gasteiger partial charge in [0.05, 0.1) is 11.5 Å². The molecular weight excluding hydrogens is 356 g/mol. The maximum atomic E-state index is 12.3. The molecule has 7 nitrogen and oxygen atoms in total. The number of ketones is 1. The minimum Gasteiger partial charge on any atom is -0.507 e. The fraction of sp³-hybridized carbons (Fsp3) is 0.278. The summed E-state index contributed by atoms with van der Waals surface area (Å²) in [5.41, 5.74) is -0.277. The number of rotatable bonds is 7. The Bertz CT molecular complexity index is 911. The maximum Gasteiger partial charge on any atom is 0.265 e. The zero-order valence-corrected chi connectivity index (χ0v) is 15.6. The topological polar surface area (TPSA) is 97.6 Å². The van der Waals surface area contributed by atoms with Gasteiger partial charge in [0.2, 0.25) is 0 Å². The first kappa shape index (κ1) is 19.6. The van der Waals surface area contributed by atoms with Gasteiger partial charge in [-0.25, -0.2) is 0 Å². The molecule has 0 aliphatic heterocycles. The van der Waals surface area contributed by atoms with Crippen LogP contribution >= 0.6 is 11.3 Å². The van der Waals surface area contributed by atoms with Gasteiger partial charge >= 0.3 is 0 Å². The summed E-state index contributed by atoms with van der Waals surface area (Å²) in [6, 6.07) is 4.72. The second kappa shape index (κ2) is 8.59. The summed E-state index contributed by atoms with van der Waals surface area (Å²) >= 11 is 1.21. The zero-order valence-electron chi connectivity index (χ0n) is 14.7. The van der Waals surface area contributed by atoms with Crippen molar-refractivity contribution in [3.05, 3.63) is 55.6 Å². The van der Waals surface area contributed by atoms with Crippen molar-refractivity contribution in [3.63, 3.8) is 0 Å². The second-order valence-corrected chi connectivity index (χ2v) is 6.67. The maximum absolute atomic E-state index is 12.3. The molecule has 1 amide bonds. The van der Waals surface area contributed by atoms with E-state index in [1.165, 1.54) is 41.2 Å². The average molecular weight is 376 g/mol. The van der Waals surface area contributed by atoms with Crippen molar-refractivity contribution in [1.82, 2.24) is 9.88 Å². The summed E-state index contributed by atoms with van der Waals surface area (Å²) in [5, 5.41) is 12.6. The molecule has 0 saturated carbocycles. The highest BCUT2D eigenvalue weighted by Crippen LogP contribution is 2.19. The molecule has 2 aromatic rings. The van der Waals surface area contributed by atoms with Crippen molar-refractivity contribution in [1.29, 1.82) is 0 Å². The second-order valence-electron chi connectivity index (χ2n) is 5.56. The lowest BCUT2D eigenvalue weighted by molar-refractivity contribution is 0.0940. The molecule has 0 saturated heterocycles. The molecule has 0 atom stereocenters. The summed E-state index contributed by atoms with van der Waals surface area (Å²) in [7, 11) is 3.09. The van der Waals surface area contributed by atoms with Crippen LogP contribution in [0, 0.1) is 6.92 Å². The molecule has 0 fully saturated rings. The van der Waals surface area contributed by atoms with Crippen molar-refractivity contribution in [2.45, 2.75) is 6.92 Å². The van der Waals surface area contributed by atoms with E-state index in [0.29, 0.717) is 28.6 Å². The van der Waals surface area contributed by atoms with Crippen molar-refractivity contribution in [3.8, 4) is 5.75 Å². The molecular formula is C18H20N2O5S. The third-order valence-corrected chi connectivity index (χ3v) is 4.79. The quantitative estimate of drug-likeness (QED) is 0.436. The molecule has 138 valence electrons. The predicted octanol–water partition coefficient (Wildman–Crippen LogP) is 1.73. The summed E-state index contributed by atoms with van der Waals surface area (Å²) in [4.78, 5) is 37.6. The van der Waals surface area contributed by atoms with E-state index in [4.69, 9.17) is 4.74 Å². The van der Waals surface area contributed by atoms with E-state index in [0.717, 1.165) is 0 Å². The Kier molecular flexibility index (Phi) is 6.48. The number of ether oxygens (including phenoxy) is 1. The molecule has 8 heteroatoms. The van der Waals surface area contributed by atoms with Gasteiger partial charge < -0.3 is 19.7 Å². The molecule has 2 aromatic heterocycles. The number of thiophene rings is 1. The summed E-state index contributed by atoms with van der Waals surface area (Å²) < 4.78 is 6.17. The van der Waals surface area contributed by atoms with E-state index < -0.39 is 11.3 Å². The van der Waals surface area contributed by atoms with Crippen LogP contribution in [-0.4, -0.2) is 41.6 Å². The van der Waals surface area contributed by atoms with E-state index >= 15 is 0 Å². The number of nitrogens with one attached hydrogen (secondary N) is 1. The van der Waals surface area contributed by atoms with E-state index in [1.54, 1.807) is 26.2 Å². The SMILES string of the molecule is COCCNC(=O)c1ccc(/C=C/C(=O)c2c(O)cc(C)n(C)c2=O)s1. The third-order valence-electron chi connectivity index (χ3n) is 3.74. The van der Waals surface area contributed by atoms with Gasteiger partial charge in [-0.2, -0.15) is 0 Å². The number of methoxy groups -OCH3 is 1. The van der Waals surface area contributed by atoms with E-state index in [-0.39, 0.29) is 17.2 Å². The van der Waals surface area contributed by atoms with Gasteiger partial charge in [0.15, 0.2) is 5.78 Å². The number of aromatic hydroxyl groups is 1. The number of carbonyl (C=O) groups is 2. The number of aromatic nitrogens is 1. The number of aryl methyl sites for hydroxylation is 1. The number of amides is 1. The first-order valence-electron chi connectivity index (χ1n) is 7.84. The zero-order chi connectivity index (χ0) is 19.3. The van der Waals surface area contributed by atoms with Crippen molar-refractivity contribution in [2.24, 2.45) is 7.05 Å². The third kappa shape index (κ3) is 4.47. The van der Waals surface area contributed by atoms with Crippen LogP contribution in [0.2, 0.25) is 0 Å². The fourth-order valence-corrected chi connectivity index (χ4v) is 3.02. The molecule has 0 unspecified atom stereocenters. The fourth-order valence-electron chi connectivity index (χ4n) is 2.20. The largest absolute Gasteiger partial charge is 0.507 e. The van der Waals surface area contributed by atoms with Crippen molar-refractivity contribution in [2.75, 3.05) is 20.3 Å². The highest BCUT2D eigenvalue weighted by Gasteiger charge is 2.16. The van der Waals surface area contributed by atoms with Crippen LogP contribution in [0.15, 0.2) is 29.1 Å². The van der Waals surface area contributed by atoms with E-state index in [1.807, 2.05) is 0 Å². The van der Waals surface area contributed by atoms with Crippen molar-refractivity contribution < 1.29 is 19.4 Å². The lowest BCUT2D eigenvalue weighted by Gasteiger charge is -2.07. The van der Waals surface area contributed by atoms with Gasteiger partial charge in [-0.1, -0.05) is 0 Å². The molecule has 0 spiro atoms. The Hall–Kier alpha value is -2.71. The lowest BCUT2D eigenvalue weighted by atomic mass is 10.1. The summed E-state index contributed by atoms with van der Waals surface area (Å²) in [6.45, 7) is 2.50. The smallest absolute Gasteiger partial charge is 0.265 e. The monoisotopic (exact) mass is 376 g/mol. The number of allylic oxidation sites excluding steroid dienone is 1. The first-order valence-corrected chi connectivity index (χ1v) is 8.65. The molecule has 0 aliphatic rings. The number of carbonyl (C=O) groups excluding carboxylic acids is 2. The van der Waals surface area contributed by atoms with Crippen LogP contribution in [0.1, 0.15) is 30.6 Å². The molecule has 2 rings (SSSR count). The average Bonchev–Trinajstić information content (AvgIpc) is 3.07. The molecule has 26 heavy (non-hydrogen) atoms. The molecule has 0 radical (unpaired) electrons. The Morgan fingerprint density at radius 2 is 2.12 bits per heavy atom. The van der Waals surface area contributed by atoms with Crippen LogP contribution in [0.3, 0.4) is 0 Å². The first-order chi connectivity index (χ1) is 12.3. The molecule has 2 heterocycles. The van der Waals surface area contributed by atoms with Crippen LogP contribution in [-0.2, 0) is 11.8 Å². The Morgan fingerprint density at radius 3 is 2.81 bits per heavy atom. The van der Waals surface area contributed by atoms with Crippen LogP contribution in [0.25, 0.3) is 6.08 Å². The normalized spacial score (nSPS) is 11.0. The predicted molar refractivity (Wildman–Crippen MR) is 100.0 cm³/mol. The minimum atomic E-state index is -0.595. The number of pyridine rings is 1.